The second-order valence-electron chi connectivity index (χ2n) is 4.86. The lowest BCUT2D eigenvalue weighted by atomic mass is 10.0. The van der Waals surface area contributed by atoms with Gasteiger partial charge < -0.3 is 10.1 Å². The Kier molecular flexibility index (Phi) is 5.92. The molecule has 0 heterocycles. The van der Waals surface area contributed by atoms with Crippen LogP contribution in [0.25, 0.3) is 0 Å². The molecule has 0 radical (unpaired) electrons. The number of nitrogens with one attached hydrogen (secondary N) is 1. The second kappa shape index (κ2) is 7.69. The van der Waals surface area contributed by atoms with Crippen molar-refractivity contribution in [1.82, 2.24) is 5.32 Å². The average Bonchev–Trinajstić information content (AvgIpc) is 2.49. The molecule has 0 aliphatic carbocycles. The van der Waals surface area contributed by atoms with Crippen LogP contribution in [0.2, 0.25) is 10.0 Å². The van der Waals surface area contributed by atoms with Crippen molar-refractivity contribution >= 4 is 23.2 Å². The first kappa shape index (κ1) is 16.2. The smallest absolute Gasteiger partial charge is 0.119 e. The summed E-state index contributed by atoms with van der Waals surface area (Å²) in [6.45, 7) is 2.89. The Morgan fingerprint density at radius 1 is 1.14 bits per heavy atom. The maximum absolute atomic E-state index is 6.29. The third kappa shape index (κ3) is 4.37. The highest BCUT2D eigenvalue weighted by molar-refractivity contribution is 6.35. The van der Waals surface area contributed by atoms with E-state index >= 15 is 0 Å². The monoisotopic (exact) mass is 323 g/mol. The molecule has 0 spiro atoms. The summed E-state index contributed by atoms with van der Waals surface area (Å²) in [5, 5.41) is 4.89. The van der Waals surface area contributed by atoms with Crippen LogP contribution in [-0.2, 0) is 6.54 Å². The third-order valence-corrected chi connectivity index (χ3v) is 4.00. The summed E-state index contributed by atoms with van der Waals surface area (Å²) in [5.74, 6) is 0.867. The highest BCUT2D eigenvalue weighted by Crippen LogP contribution is 2.28. The van der Waals surface area contributed by atoms with Crippen molar-refractivity contribution in [3.8, 4) is 5.75 Å². The summed E-state index contributed by atoms with van der Waals surface area (Å²) < 4.78 is 5.24. The third-order valence-electron chi connectivity index (χ3n) is 3.43. The summed E-state index contributed by atoms with van der Waals surface area (Å²) in [6.07, 6.45) is 0.950. The van der Waals surface area contributed by atoms with Crippen molar-refractivity contribution in [1.29, 1.82) is 0 Å². The normalized spacial score (nSPS) is 12.2. The Labute approximate surface area is 136 Å². The first-order valence-electron chi connectivity index (χ1n) is 6.95. The van der Waals surface area contributed by atoms with Gasteiger partial charge in [0, 0.05) is 22.6 Å². The predicted molar refractivity (Wildman–Crippen MR) is 89.3 cm³/mol. The van der Waals surface area contributed by atoms with Gasteiger partial charge in [0.2, 0.25) is 0 Å². The van der Waals surface area contributed by atoms with Crippen LogP contribution >= 0.6 is 23.2 Å². The molecule has 4 heteroatoms. The van der Waals surface area contributed by atoms with Crippen LogP contribution in [0.1, 0.15) is 30.5 Å². The van der Waals surface area contributed by atoms with Gasteiger partial charge in [0.1, 0.15) is 5.75 Å². The number of methoxy groups -OCH3 is 1. The van der Waals surface area contributed by atoms with E-state index in [2.05, 4.69) is 18.3 Å². The van der Waals surface area contributed by atoms with E-state index in [1.807, 2.05) is 30.3 Å². The van der Waals surface area contributed by atoms with Crippen molar-refractivity contribution < 1.29 is 4.74 Å². The standard InChI is InChI=1S/C17H19Cl2NO/c1-3-17(15-8-7-13(18)10-16(15)19)20-11-12-5-4-6-14(9-12)21-2/h4-10,17,20H,3,11H2,1-2H3. The maximum atomic E-state index is 6.29. The Morgan fingerprint density at radius 2 is 1.95 bits per heavy atom. The summed E-state index contributed by atoms with van der Waals surface area (Å²) in [6, 6.07) is 13.9. The van der Waals surface area contributed by atoms with Gasteiger partial charge in [-0.05, 0) is 41.8 Å². The van der Waals surface area contributed by atoms with Gasteiger partial charge >= 0.3 is 0 Å². The van der Waals surface area contributed by atoms with Crippen molar-refractivity contribution in [2.24, 2.45) is 0 Å². The van der Waals surface area contributed by atoms with Crippen LogP contribution in [-0.4, -0.2) is 7.11 Å². The molecule has 0 bridgehead atoms. The summed E-state index contributed by atoms with van der Waals surface area (Å²) in [7, 11) is 1.68. The van der Waals surface area contributed by atoms with Gasteiger partial charge in [-0.2, -0.15) is 0 Å². The van der Waals surface area contributed by atoms with E-state index < -0.39 is 0 Å². The molecule has 1 atom stereocenters. The van der Waals surface area contributed by atoms with E-state index in [9.17, 15) is 0 Å². The number of benzene rings is 2. The maximum Gasteiger partial charge on any atom is 0.119 e. The average molecular weight is 324 g/mol. The molecule has 1 unspecified atom stereocenters. The zero-order valence-electron chi connectivity index (χ0n) is 12.2. The van der Waals surface area contributed by atoms with E-state index in [-0.39, 0.29) is 6.04 Å². The van der Waals surface area contributed by atoms with Crippen LogP contribution in [0.4, 0.5) is 0 Å². The topological polar surface area (TPSA) is 21.3 Å². The van der Waals surface area contributed by atoms with Gasteiger partial charge in [0.05, 0.1) is 7.11 Å². The molecule has 2 aromatic carbocycles. The fraction of sp³-hybridized carbons (Fsp3) is 0.294. The molecule has 2 aromatic rings. The van der Waals surface area contributed by atoms with Crippen molar-refractivity contribution in [3.05, 3.63) is 63.6 Å². The quantitative estimate of drug-likeness (QED) is 0.784. The fourth-order valence-corrected chi connectivity index (χ4v) is 2.82. The van der Waals surface area contributed by atoms with E-state index in [0.29, 0.717) is 10.0 Å². The highest BCUT2D eigenvalue weighted by atomic mass is 35.5. The molecule has 0 fully saturated rings. The molecular weight excluding hydrogens is 305 g/mol. The zero-order chi connectivity index (χ0) is 15.2. The van der Waals surface area contributed by atoms with Crippen LogP contribution in [0.15, 0.2) is 42.5 Å². The van der Waals surface area contributed by atoms with Gasteiger partial charge in [-0.1, -0.05) is 48.3 Å². The molecule has 1 N–H and O–H groups in total. The first-order valence-corrected chi connectivity index (χ1v) is 7.71. The number of ether oxygens (including phenoxy) is 1. The van der Waals surface area contributed by atoms with Crippen LogP contribution in [0, 0.1) is 0 Å². The Bertz CT molecular complexity index is 601. The number of halogens is 2. The molecular formula is C17H19Cl2NO. The van der Waals surface area contributed by atoms with Crippen molar-refractivity contribution in [2.75, 3.05) is 7.11 Å². The fourth-order valence-electron chi connectivity index (χ4n) is 2.28. The Morgan fingerprint density at radius 3 is 2.62 bits per heavy atom. The summed E-state index contributed by atoms with van der Waals surface area (Å²) >= 11 is 12.2. The van der Waals surface area contributed by atoms with Crippen LogP contribution in [0.3, 0.4) is 0 Å². The first-order chi connectivity index (χ1) is 10.1. The lowest BCUT2D eigenvalue weighted by Crippen LogP contribution is -2.20. The number of rotatable bonds is 6. The van der Waals surface area contributed by atoms with E-state index in [1.54, 1.807) is 13.2 Å². The van der Waals surface area contributed by atoms with Gasteiger partial charge in [0.25, 0.3) is 0 Å². The number of hydrogen-bond acceptors (Lipinski definition) is 2. The van der Waals surface area contributed by atoms with E-state index in [4.69, 9.17) is 27.9 Å². The molecule has 0 saturated heterocycles. The predicted octanol–water partition coefficient (Wildman–Crippen LogP) is 5.24. The van der Waals surface area contributed by atoms with Crippen LogP contribution in [0.5, 0.6) is 5.75 Å². The SMILES string of the molecule is CCC(NCc1cccc(OC)c1)c1ccc(Cl)cc1Cl. The van der Waals surface area contributed by atoms with Crippen LogP contribution < -0.4 is 10.1 Å². The molecule has 21 heavy (non-hydrogen) atoms. The molecule has 0 amide bonds. The lowest BCUT2D eigenvalue weighted by molar-refractivity contribution is 0.413. The molecule has 0 aliphatic rings. The summed E-state index contributed by atoms with van der Waals surface area (Å²) in [4.78, 5) is 0. The van der Waals surface area contributed by atoms with Crippen molar-refractivity contribution in [2.45, 2.75) is 25.9 Å². The molecule has 2 nitrogen and oxygen atoms in total. The minimum atomic E-state index is 0.195. The Balaban J connectivity index is 2.08. The summed E-state index contributed by atoms with van der Waals surface area (Å²) in [5.41, 5.74) is 2.25. The van der Waals surface area contributed by atoms with Gasteiger partial charge in [-0.15, -0.1) is 0 Å². The van der Waals surface area contributed by atoms with E-state index in [0.717, 1.165) is 24.3 Å². The molecule has 0 aromatic heterocycles. The highest BCUT2D eigenvalue weighted by Gasteiger charge is 2.12. The minimum absolute atomic E-state index is 0.195. The lowest BCUT2D eigenvalue weighted by Gasteiger charge is -2.19. The Hall–Kier alpha value is -1.22. The zero-order valence-corrected chi connectivity index (χ0v) is 13.7. The number of hydrogen-bond donors (Lipinski definition) is 1. The molecule has 0 saturated carbocycles. The van der Waals surface area contributed by atoms with Gasteiger partial charge in [0.15, 0.2) is 0 Å². The molecule has 0 aliphatic heterocycles. The largest absolute Gasteiger partial charge is 0.497 e. The van der Waals surface area contributed by atoms with Crippen molar-refractivity contribution in [3.63, 3.8) is 0 Å². The van der Waals surface area contributed by atoms with E-state index in [1.165, 1.54) is 5.56 Å². The second-order valence-corrected chi connectivity index (χ2v) is 5.70. The minimum Gasteiger partial charge on any atom is -0.497 e. The molecule has 112 valence electrons. The van der Waals surface area contributed by atoms with Gasteiger partial charge in [-0.25, -0.2) is 0 Å². The molecule has 2 rings (SSSR count). The van der Waals surface area contributed by atoms with Gasteiger partial charge in [-0.3, -0.25) is 0 Å².